The number of hydrogen-bond donors (Lipinski definition) is 3. The Hall–Kier alpha value is -3.02. The van der Waals surface area contributed by atoms with Crippen molar-refractivity contribution in [3.05, 3.63) is 54.3 Å². The summed E-state index contributed by atoms with van der Waals surface area (Å²) in [5, 5.41) is 11.0. The van der Waals surface area contributed by atoms with Crippen LogP contribution in [-0.4, -0.2) is 42.5 Å². The van der Waals surface area contributed by atoms with E-state index in [4.69, 9.17) is 9.94 Å². The number of carbonyl (C=O) groups is 2. The Morgan fingerprint density at radius 3 is 2.29 bits per heavy atom. The molecular formula is C17H16FN3O6S. The second-order valence-corrected chi connectivity index (χ2v) is 7.73. The van der Waals surface area contributed by atoms with Gasteiger partial charge in [0, 0.05) is 13.0 Å². The van der Waals surface area contributed by atoms with Gasteiger partial charge in [0.05, 0.1) is 4.90 Å². The Balaban J connectivity index is 1.82. The number of rotatable bonds is 5. The third kappa shape index (κ3) is 4.11. The average molecular weight is 409 g/mol. The first-order chi connectivity index (χ1) is 13.3. The number of carbonyl (C=O) groups excluding carboxylic acids is 2. The maximum Gasteiger partial charge on any atom is 0.282 e. The molecule has 2 aromatic rings. The van der Waals surface area contributed by atoms with Gasteiger partial charge in [-0.25, -0.2) is 18.3 Å². The highest BCUT2D eigenvalue weighted by atomic mass is 32.2. The van der Waals surface area contributed by atoms with E-state index in [1.807, 2.05) is 0 Å². The van der Waals surface area contributed by atoms with Crippen LogP contribution in [0.2, 0.25) is 0 Å². The second-order valence-electron chi connectivity index (χ2n) is 5.84. The second kappa shape index (κ2) is 7.92. The molecule has 2 aromatic carbocycles. The van der Waals surface area contributed by atoms with E-state index in [0.717, 1.165) is 4.31 Å². The Bertz CT molecular complexity index is 979. The molecule has 1 saturated heterocycles. The number of ether oxygens (including phenoxy) is 1. The fourth-order valence-corrected chi connectivity index (χ4v) is 4.12. The van der Waals surface area contributed by atoms with Gasteiger partial charge in [-0.1, -0.05) is 0 Å². The van der Waals surface area contributed by atoms with Crippen LogP contribution in [0.4, 0.5) is 4.39 Å². The highest BCUT2D eigenvalue weighted by Gasteiger charge is 2.40. The van der Waals surface area contributed by atoms with Gasteiger partial charge in [0.15, 0.2) is 6.17 Å². The number of benzene rings is 2. The Kier molecular flexibility index (Phi) is 5.58. The van der Waals surface area contributed by atoms with Gasteiger partial charge < -0.3 is 10.1 Å². The summed E-state index contributed by atoms with van der Waals surface area (Å²) in [5.41, 5.74) is 1.34. The Morgan fingerprint density at radius 2 is 1.71 bits per heavy atom. The first-order valence-electron chi connectivity index (χ1n) is 8.10. The maximum atomic E-state index is 12.9. The molecule has 28 heavy (non-hydrogen) atoms. The summed E-state index contributed by atoms with van der Waals surface area (Å²) < 4.78 is 44.9. The van der Waals surface area contributed by atoms with Crippen molar-refractivity contribution >= 4 is 21.8 Å². The lowest BCUT2D eigenvalue weighted by molar-refractivity contribution is -0.140. The van der Waals surface area contributed by atoms with E-state index in [1.165, 1.54) is 54.0 Å². The van der Waals surface area contributed by atoms with Gasteiger partial charge in [-0.05, 0) is 48.5 Å². The minimum absolute atomic E-state index is 0.125. The molecule has 11 heteroatoms. The fourth-order valence-electron chi connectivity index (χ4n) is 2.61. The van der Waals surface area contributed by atoms with Crippen molar-refractivity contribution in [2.24, 2.45) is 0 Å². The molecule has 3 rings (SSSR count). The largest absolute Gasteiger partial charge is 0.457 e. The van der Waals surface area contributed by atoms with Gasteiger partial charge in [-0.3, -0.25) is 14.8 Å². The molecule has 1 heterocycles. The Labute approximate surface area is 159 Å². The lowest BCUT2D eigenvalue weighted by Crippen LogP contribution is -2.61. The van der Waals surface area contributed by atoms with Crippen molar-refractivity contribution in [2.45, 2.75) is 17.5 Å². The van der Waals surface area contributed by atoms with Crippen LogP contribution in [0, 0.1) is 5.82 Å². The van der Waals surface area contributed by atoms with E-state index >= 15 is 0 Å². The zero-order valence-electron chi connectivity index (χ0n) is 14.3. The van der Waals surface area contributed by atoms with Crippen molar-refractivity contribution < 1.29 is 32.3 Å². The van der Waals surface area contributed by atoms with Gasteiger partial charge in [-0.2, -0.15) is 4.31 Å². The molecule has 1 atom stereocenters. The molecule has 148 valence electrons. The number of nitrogens with zero attached hydrogens (tertiary/aromatic N) is 1. The maximum absolute atomic E-state index is 12.9. The lowest BCUT2D eigenvalue weighted by atomic mass is 10.3. The fraction of sp³-hybridized carbons (Fsp3) is 0.176. The van der Waals surface area contributed by atoms with Crippen molar-refractivity contribution in [3.8, 4) is 11.5 Å². The molecule has 0 saturated carbocycles. The quantitative estimate of drug-likeness (QED) is 0.499. The zero-order chi connectivity index (χ0) is 20.3. The van der Waals surface area contributed by atoms with E-state index in [2.05, 4.69) is 5.32 Å². The monoisotopic (exact) mass is 409 g/mol. The van der Waals surface area contributed by atoms with Gasteiger partial charge >= 0.3 is 0 Å². The van der Waals surface area contributed by atoms with Crippen LogP contribution in [0.5, 0.6) is 11.5 Å². The van der Waals surface area contributed by atoms with Crippen LogP contribution in [0.15, 0.2) is 53.4 Å². The van der Waals surface area contributed by atoms with E-state index in [9.17, 15) is 22.4 Å². The molecule has 1 aliphatic heterocycles. The van der Waals surface area contributed by atoms with Crippen LogP contribution in [-0.2, 0) is 19.6 Å². The molecule has 1 unspecified atom stereocenters. The molecule has 0 radical (unpaired) electrons. The van der Waals surface area contributed by atoms with Crippen molar-refractivity contribution in [3.63, 3.8) is 0 Å². The summed E-state index contributed by atoms with van der Waals surface area (Å²) >= 11 is 0. The van der Waals surface area contributed by atoms with Crippen molar-refractivity contribution in [1.29, 1.82) is 0 Å². The van der Waals surface area contributed by atoms with Gasteiger partial charge in [0.1, 0.15) is 17.3 Å². The predicted molar refractivity (Wildman–Crippen MR) is 93.3 cm³/mol. The molecule has 9 nitrogen and oxygen atoms in total. The lowest BCUT2D eigenvalue weighted by Gasteiger charge is -2.33. The SMILES string of the molecule is O=C1CCN(S(=O)(=O)c2ccc(Oc3ccc(F)cc3)cc2)C(C(=O)NO)N1. The summed E-state index contributed by atoms with van der Waals surface area (Å²) in [6.45, 7) is -0.222. The van der Waals surface area contributed by atoms with E-state index in [1.54, 1.807) is 0 Å². The molecule has 0 spiro atoms. The first kappa shape index (κ1) is 19.7. The van der Waals surface area contributed by atoms with E-state index < -0.39 is 33.8 Å². The highest BCUT2D eigenvalue weighted by molar-refractivity contribution is 7.89. The standard InChI is InChI=1S/C17H16FN3O6S/c18-11-1-3-12(4-2-11)27-13-5-7-14(8-6-13)28(25,26)21-10-9-15(22)19-16(21)17(23)20-24/h1-8,16,24H,9-10H2,(H,19,22)(H,20,23). The summed E-state index contributed by atoms with van der Waals surface area (Å²) in [7, 11) is -4.14. The number of amides is 2. The van der Waals surface area contributed by atoms with Crippen LogP contribution in [0.3, 0.4) is 0 Å². The number of halogens is 1. The van der Waals surface area contributed by atoms with E-state index in [0.29, 0.717) is 11.5 Å². The van der Waals surface area contributed by atoms with Gasteiger partial charge in [0.25, 0.3) is 5.91 Å². The minimum Gasteiger partial charge on any atom is -0.457 e. The molecule has 3 N–H and O–H groups in total. The van der Waals surface area contributed by atoms with Gasteiger partial charge in [0.2, 0.25) is 15.9 Å². The summed E-state index contributed by atoms with van der Waals surface area (Å²) in [6, 6.07) is 10.7. The summed E-state index contributed by atoms with van der Waals surface area (Å²) in [6.07, 6.45) is -1.69. The zero-order valence-corrected chi connectivity index (χ0v) is 15.1. The molecule has 2 amide bonds. The third-order valence-corrected chi connectivity index (χ3v) is 5.86. The van der Waals surface area contributed by atoms with Crippen LogP contribution in [0.1, 0.15) is 6.42 Å². The molecule has 1 fully saturated rings. The molecule has 0 bridgehead atoms. The number of sulfonamides is 1. The Morgan fingerprint density at radius 1 is 1.14 bits per heavy atom. The molecule has 0 aliphatic carbocycles. The third-order valence-electron chi connectivity index (χ3n) is 3.98. The van der Waals surface area contributed by atoms with Crippen LogP contribution in [0.25, 0.3) is 0 Å². The number of hydrogen-bond acceptors (Lipinski definition) is 6. The average Bonchev–Trinajstić information content (AvgIpc) is 2.69. The highest BCUT2D eigenvalue weighted by Crippen LogP contribution is 2.26. The predicted octanol–water partition coefficient (Wildman–Crippen LogP) is 0.960. The first-order valence-corrected chi connectivity index (χ1v) is 9.54. The minimum atomic E-state index is -4.14. The molecular weight excluding hydrogens is 393 g/mol. The smallest absolute Gasteiger partial charge is 0.282 e. The van der Waals surface area contributed by atoms with Gasteiger partial charge in [-0.15, -0.1) is 0 Å². The normalized spacial score (nSPS) is 17.6. The molecule has 1 aliphatic rings. The number of hydroxylamine groups is 1. The van der Waals surface area contributed by atoms with Crippen LogP contribution < -0.4 is 15.5 Å². The molecule has 0 aromatic heterocycles. The summed E-state index contributed by atoms with van der Waals surface area (Å²) in [5.74, 6) is -1.31. The van der Waals surface area contributed by atoms with E-state index in [-0.39, 0.29) is 17.9 Å². The van der Waals surface area contributed by atoms with Crippen LogP contribution >= 0.6 is 0 Å². The summed E-state index contributed by atoms with van der Waals surface area (Å²) in [4.78, 5) is 23.1. The number of nitrogens with one attached hydrogen (secondary N) is 2. The topological polar surface area (TPSA) is 125 Å². The van der Waals surface area contributed by atoms with Crippen molar-refractivity contribution in [1.82, 2.24) is 15.1 Å². The van der Waals surface area contributed by atoms with Crippen molar-refractivity contribution in [2.75, 3.05) is 6.54 Å².